The lowest BCUT2D eigenvalue weighted by atomic mass is 10.1. The molecule has 0 unspecified atom stereocenters. The average molecular weight is 262 g/mol. The molecule has 102 valence electrons. The van der Waals surface area contributed by atoms with Crippen molar-refractivity contribution in [1.29, 1.82) is 0 Å². The Balaban J connectivity index is 1.89. The van der Waals surface area contributed by atoms with Crippen LogP contribution in [0.4, 0.5) is 5.82 Å². The average Bonchev–Trinajstić information content (AvgIpc) is 2.75. The number of anilines is 1. The number of amides is 1. The van der Waals surface area contributed by atoms with Crippen LogP contribution in [0.3, 0.4) is 0 Å². The van der Waals surface area contributed by atoms with Crippen LogP contribution in [-0.4, -0.2) is 37.6 Å². The molecule has 0 bridgehead atoms. The Bertz CT molecular complexity index is 571. The third kappa shape index (κ3) is 3.64. The quantitative estimate of drug-likeness (QED) is 0.853. The minimum atomic E-state index is -0.206. The van der Waals surface area contributed by atoms with Crippen molar-refractivity contribution in [1.82, 2.24) is 24.9 Å². The van der Waals surface area contributed by atoms with Crippen LogP contribution in [0.25, 0.3) is 5.65 Å². The van der Waals surface area contributed by atoms with Gasteiger partial charge in [0.05, 0.1) is 0 Å². The van der Waals surface area contributed by atoms with Gasteiger partial charge < -0.3 is 10.6 Å². The zero-order valence-corrected chi connectivity index (χ0v) is 11.3. The summed E-state index contributed by atoms with van der Waals surface area (Å²) in [6, 6.07) is 0. The van der Waals surface area contributed by atoms with Crippen molar-refractivity contribution in [2.24, 2.45) is 0 Å². The third-order valence-electron chi connectivity index (χ3n) is 2.37. The highest BCUT2D eigenvalue weighted by Crippen LogP contribution is 2.09. The van der Waals surface area contributed by atoms with Crippen LogP contribution in [-0.2, 0) is 4.79 Å². The van der Waals surface area contributed by atoms with Crippen molar-refractivity contribution in [2.75, 3.05) is 11.9 Å². The Labute approximate surface area is 111 Å². The molecule has 2 aromatic heterocycles. The summed E-state index contributed by atoms with van der Waals surface area (Å²) in [6.45, 7) is 6.37. The topological polar surface area (TPSA) is 84.2 Å². The van der Waals surface area contributed by atoms with E-state index in [0.717, 1.165) is 0 Å². The molecule has 7 heteroatoms. The van der Waals surface area contributed by atoms with Crippen molar-refractivity contribution >= 4 is 17.4 Å². The van der Waals surface area contributed by atoms with Crippen molar-refractivity contribution in [3.63, 3.8) is 0 Å². The molecule has 2 rings (SSSR count). The van der Waals surface area contributed by atoms with Gasteiger partial charge in [-0.1, -0.05) is 0 Å². The van der Waals surface area contributed by atoms with Crippen molar-refractivity contribution in [3.8, 4) is 0 Å². The molecule has 2 aromatic rings. The van der Waals surface area contributed by atoms with Crippen molar-refractivity contribution < 1.29 is 4.79 Å². The first kappa shape index (κ1) is 13.3. The molecule has 1 amide bonds. The molecule has 0 aromatic carbocycles. The van der Waals surface area contributed by atoms with Gasteiger partial charge in [0.25, 0.3) is 0 Å². The van der Waals surface area contributed by atoms with Crippen molar-refractivity contribution in [2.45, 2.75) is 32.7 Å². The van der Waals surface area contributed by atoms with Gasteiger partial charge in [-0.15, -0.1) is 10.2 Å². The van der Waals surface area contributed by atoms with Crippen LogP contribution < -0.4 is 10.6 Å². The standard InChI is InChI=1S/C12H18N6O/c1-12(2,3)16-9(19)4-5-13-10-11-17-15-8-18(11)7-6-14-10/h6-8H,4-5H2,1-3H3,(H,13,14)(H,16,19). The van der Waals surface area contributed by atoms with Gasteiger partial charge in [0.15, 0.2) is 5.82 Å². The fourth-order valence-electron chi connectivity index (χ4n) is 1.66. The summed E-state index contributed by atoms with van der Waals surface area (Å²) in [5, 5.41) is 13.8. The second-order valence-electron chi connectivity index (χ2n) is 5.31. The van der Waals surface area contributed by atoms with Gasteiger partial charge in [-0.3, -0.25) is 9.20 Å². The maximum atomic E-state index is 11.7. The summed E-state index contributed by atoms with van der Waals surface area (Å²) in [4.78, 5) is 15.8. The number of hydrogen-bond acceptors (Lipinski definition) is 5. The number of rotatable bonds is 4. The highest BCUT2D eigenvalue weighted by Gasteiger charge is 2.13. The Kier molecular flexibility index (Phi) is 3.64. The molecule has 0 aliphatic rings. The van der Waals surface area contributed by atoms with Gasteiger partial charge in [0.1, 0.15) is 6.33 Å². The first-order valence-electron chi connectivity index (χ1n) is 6.15. The second kappa shape index (κ2) is 5.21. The van der Waals surface area contributed by atoms with Crippen LogP contribution in [0, 0.1) is 0 Å². The van der Waals surface area contributed by atoms with E-state index in [2.05, 4.69) is 25.8 Å². The molecule has 2 N–H and O–H groups in total. The monoisotopic (exact) mass is 262 g/mol. The lowest BCUT2D eigenvalue weighted by molar-refractivity contribution is -0.122. The Hall–Kier alpha value is -2.18. The largest absolute Gasteiger partial charge is 0.366 e. The molecule has 0 aliphatic heterocycles. The van der Waals surface area contributed by atoms with Gasteiger partial charge in [0, 0.05) is 30.9 Å². The van der Waals surface area contributed by atoms with Crippen LogP contribution in [0.2, 0.25) is 0 Å². The predicted molar refractivity (Wildman–Crippen MR) is 71.8 cm³/mol. The normalized spacial score (nSPS) is 11.5. The van der Waals surface area contributed by atoms with Gasteiger partial charge in [-0.2, -0.15) is 0 Å². The zero-order chi connectivity index (χ0) is 13.9. The zero-order valence-electron chi connectivity index (χ0n) is 11.3. The molecule has 0 aliphatic carbocycles. The van der Waals surface area contributed by atoms with Crippen LogP contribution in [0.1, 0.15) is 27.2 Å². The summed E-state index contributed by atoms with van der Waals surface area (Å²) in [6.07, 6.45) is 5.42. The number of aromatic nitrogens is 4. The summed E-state index contributed by atoms with van der Waals surface area (Å²) >= 11 is 0. The lowest BCUT2D eigenvalue weighted by Gasteiger charge is -2.20. The molecular weight excluding hydrogens is 244 g/mol. The first-order chi connectivity index (χ1) is 8.96. The summed E-state index contributed by atoms with van der Waals surface area (Å²) < 4.78 is 1.77. The molecule has 2 heterocycles. The molecule has 0 atom stereocenters. The number of carbonyl (C=O) groups excluding carboxylic acids is 1. The molecule has 0 radical (unpaired) electrons. The molecular formula is C12H18N6O. The second-order valence-corrected chi connectivity index (χ2v) is 5.31. The maximum absolute atomic E-state index is 11.7. The van der Waals surface area contributed by atoms with E-state index in [9.17, 15) is 4.79 Å². The summed E-state index contributed by atoms with van der Waals surface area (Å²) in [5.74, 6) is 0.636. The van der Waals surface area contributed by atoms with E-state index >= 15 is 0 Å². The molecule has 0 saturated heterocycles. The number of nitrogens with one attached hydrogen (secondary N) is 2. The molecule has 7 nitrogen and oxygen atoms in total. The molecule has 19 heavy (non-hydrogen) atoms. The Morgan fingerprint density at radius 1 is 1.42 bits per heavy atom. The van der Waals surface area contributed by atoms with Crippen LogP contribution in [0.5, 0.6) is 0 Å². The third-order valence-corrected chi connectivity index (χ3v) is 2.37. The van der Waals surface area contributed by atoms with E-state index in [-0.39, 0.29) is 11.4 Å². The minimum absolute atomic E-state index is 0.00779. The van der Waals surface area contributed by atoms with Crippen LogP contribution in [0.15, 0.2) is 18.7 Å². The van der Waals surface area contributed by atoms with Crippen LogP contribution >= 0.6 is 0 Å². The number of hydrogen-bond donors (Lipinski definition) is 2. The Morgan fingerprint density at radius 2 is 2.21 bits per heavy atom. The van der Waals surface area contributed by atoms with Crippen molar-refractivity contribution in [3.05, 3.63) is 18.7 Å². The molecule has 0 fully saturated rings. The number of fused-ring (bicyclic) bond motifs is 1. The fourth-order valence-corrected chi connectivity index (χ4v) is 1.66. The van der Waals surface area contributed by atoms with Gasteiger partial charge in [-0.25, -0.2) is 4.98 Å². The lowest BCUT2D eigenvalue weighted by Crippen LogP contribution is -2.41. The number of carbonyl (C=O) groups is 1. The SMILES string of the molecule is CC(C)(C)NC(=O)CCNc1nccn2cnnc12. The number of nitrogens with zero attached hydrogens (tertiary/aromatic N) is 4. The van der Waals surface area contributed by atoms with E-state index in [1.807, 2.05) is 20.8 Å². The van der Waals surface area contributed by atoms with E-state index in [1.54, 1.807) is 23.1 Å². The fraction of sp³-hybridized carbons (Fsp3) is 0.500. The smallest absolute Gasteiger partial charge is 0.222 e. The van der Waals surface area contributed by atoms with Gasteiger partial charge >= 0.3 is 0 Å². The van der Waals surface area contributed by atoms with E-state index in [0.29, 0.717) is 24.4 Å². The maximum Gasteiger partial charge on any atom is 0.222 e. The highest BCUT2D eigenvalue weighted by atomic mass is 16.1. The molecule has 0 saturated carbocycles. The van der Waals surface area contributed by atoms with Gasteiger partial charge in [-0.05, 0) is 20.8 Å². The van der Waals surface area contributed by atoms with Gasteiger partial charge in [0.2, 0.25) is 11.6 Å². The van der Waals surface area contributed by atoms with E-state index < -0.39 is 0 Å². The predicted octanol–water partition coefficient (Wildman–Crippen LogP) is 0.841. The summed E-state index contributed by atoms with van der Waals surface area (Å²) in [5.41, 5.74) is 0.446. The highest BCUT2D eigenvalue weighted by molar-refractivity contribution is 5.77. The first-order valence-corrected chi connectivity index (χ1v) is 6.15. The minimum Gasteiger partial charge on any atom is -0.366 e. The van der Waals surface area contributed by atoms with E-state index in [1.165, 1.54) is 0 Å². The molecule has 0 spiro atoms. The summed E-state index contributed by atoms with van der Waals surface area (Å²) in [7, 11) is 0. The van der Waals surface area contributed by atoms with E-state index in [4.69, 9.17) is 0 Å². The Morgan fingerprint density at radius 3 is 2.95 bits per heavy atom.